The van der Waals surface area contributed by atoms with Crippen LogP contribution in [0.25, 0.3) is 4.96 Å². The van der Waals surface area contributed by atoms with Crippen molar-refractivity contribution < 1.29 is 14.3 Å². The van der Waals surface area contributed by atoms with E-state index in [1.807, 2.05) is 22.2 Å². The van der Waals surface area contributed by atoms with Crippen LogP contribution in [0.3, 0.4) is 0 Å². The van der Waals surface area contributed by atoms with E-state index in [0.717, 1.165) is 29.2 Å². The summed E-state index contributed by atoms with van der Waals surface area (Å²) in [5, 5.41) is 7.31. The summed E-state index contributed by atoms with van der Waals surface area (Å²) in [5.74, 6) is 0.171. The predicted octanol–water partition coefficient (Wildman–Crippen LogP) is 2.62. The molecule has 3 rings (SSSR count). The summed E-state index contributed by atoms with van der Waals surface area (Å²) in [7, 11) is 0. The lowest BCUT2D eigenvalue weighted by Crippen LogP contribution is -2.36. The molecule has 27 heavy (non-hydrogen) atoms. The molecule has 7 nitrogen and oxygen atoms in total. The van der Waals surface area contributed by atoms with Gasteiger partial charge in [-0.1, -0.05) is 13.3 Å². The van der Waals surface area contributed by atoms with Gasteiger partial charge in [0.2, 0.25) is 5.91 Å². The van der Waals surface area contributed by atoms with Crippen LogP contribution in [0.2, 0.25) is 0 Å². The molecule has 0 aliphatic rings. The lowest BCUT2D eigenvalue weighted by atomic mass is 10.2. The van der Waals surface area contributed by atoms with Crippen LogP contribution in [-0.2, 0) is 11.3 Å². The molecule has 8 heteroatoms. The number of ether oxygens (including phenoxy) is 1. The molecular weight excluding hydrogens is 364 g/mol. The number of carbonyl (C=O) groups excluding carboxylic acids is 2. The van der Waals surface area contributed by atoms with Crippen molar-refractivity contribution in [1.82, 2.24) is 20.0 Å². The molecule has 2 aromatic heterocycles. The van der Waals surface area contributed by atoms with Crippen molar-refractivity contribution in [2.45, 2.75) is 26.3 Å². The number of aromatic nitrogens is 2. The minimum absolute atomic E-state index is 0.0875. The Morgan fingerprint density at radius 2 is 2.04 bits per heavy atom. The van der Waals surface area contributed by atoms with Gasteiger partial charge in [-0.05, 0) is 30.7 Å². The standard InChI is InChI=1S/C19H22N4O3S/c1-2-3-9-26-16-6-4-14(5-7-16)18(25)21-12-17(24)20-11-15-13-23-8-10-27-19(23)22-15/h4-8,10,13H,2-3,9,11-12H2,1H3,(H,20,24)(H,21,25). The largest absolute Gasteiger partial charge is 0.494 e. The Hall–Kier alpha value is -2.87. The fourth-order valence-electron chi connectivity index (χ4n) is 2.41. The SMILES string of the molecule is CCCCOc1ccc(C(=O)NCC(=O)NCc2cn3ccsc3n2)cc1. The number of rotatable bonds is 9. The van der Waals surface area contributed by atoms with Gasteiger partial charge in [-0.15, -0.1) is 11.3 Å². The van der Waals surface area contributed by atoms with E-state index in [1.54, 1.807) is 24.3 Å². The molecule has 3 aromatic rings. The van der Waals surface area contributed by atoms with Crippen LogP contribution >= 0.6 is 11.3 Å². The second kappa shape index (κ2) is 9.18. The van der Waals surface area contributed by atoms with E-state index >= 15 is 0 Å². The molecule has 0 saturated carbocycles. The monoisotopic (exact) mass is 386 g/mol. The number of fused-ring (bicyclic) bond motifs is 1. The van der Waals surface area contributed by atoms with E-state index in [2.05, 4.69) is 22.5 Å². The first-order valence-electron chi connectivity index (χ1n) is 8.84. The fraction of sp³-hybridized carbons (Fsp3) is 0.316. The average molecular weight is 386 g/mol. The van der Waals surface area contributed by atoms with Crippen molar-refractivity contribution in [3.05, 3.63) is 53.3 Å². The third kappa shape index (κ3) is 5.30. The van der Waals surface area contributed by atoms with Gasteiger partial charge in [0, 0.05) is 23.3 Å². The quantitative estimate of drug-likeness (QED) is 0.554. The van der Waals surface area contributed by atoms with Crippen molar-refractivity contribution in [3.63, 3.8) is 0 Å². The first kappa shape index (κ1) is 18.9. The number of carbonyl (C=O) groups is 2. The minimum atomic E-state index is -0.298. The summed E-state index contributed by atoms with van der Waals surface area (Å²) < 4.78 is 7.47. The normalized spacial score (nSPS) is 10.7. The van der Waals surface area contributed by atoms with Crippen molar-refractivity contribution in [2.75, 3.05) is 13.2 Å². The molecule has 0 spiro atoms. The molecule has 2 N–H and O–H groups in total. The maximum atomic E-state index is 12.1. The van der Waals surface area contributed by atoms with Gasteiger partial charge in [0.15, 0.2) is 4.96 Å². The Labute approximate surface area is 161 Å². The molecule has 0 atom stereocenters. The van der Waals surface area contributed by atoms with Crippen LogP contribution in [-0.4, -0.2) is 34.4 Å². The summed E-state index contributed by atoms with van der Waals surface area (Å²) in [6, 6.07) is 6.89. The summed E-state index contributed by atoms with van der Waals surface area (Å²) in [5.41, 5.74) is 1.26. The molecule has 0 saturated heterocycles. The van der Waals surface area contributed by atoms with Crippen LogP contribution in [0.5, 0.6) is 5.75 Å². The fourth-order valence-corrected chi connectivity index (χ4v) is 3.13. The molecular formula is C19H22N4O3S. The summed E-state index contributed by atoms with van der Waals surface area (Å²) >= 11 is 1.53. The lowest BCUT2D eigenvalue weighted by Gasteiger charge is -2.08. The smallest absolute Gasteiger partial charge is 0.251 e. The van der Waals surface area contributed by atoms with E-state index < -0.39 is 0 Å². The summed E-state index contributed by atoms with van der Waals surface area (Å²) in [6.45, 7) is 3.00. The predicted molar refractivity (Wildman–Crippen MR) is 104 cm³/mol. The van der Waals surface area contributed by atoms with Crippen LogP contribution in [0.1, 0.15) is 35.8 Å². The van der Waals surface area contributed by atoms with Gasteiger partial charge >= 0.3 is 0 Å². The number of nitrogens with one attached hydrogen (secondary N) is 2. The van der Waals surface area contributed by atoms with Crippen LogP contribution < -0.4 is 15.4 Å². The van der Waals surface area contributed by atoms with Crippen LogP contribution in [0.4, 0.5) is 0 Å². The lowest BCUT2D eigenvalue weighted by molar-refractivity contribution is -0.120. The average Bonchev–Trinajstić information content (AvgIpc) is 3.27. The molecule has 0 radical (unpaired) electrons. The summed E-state index contributed by atoms with van der Waals surface area (Å²) in [6.07, 6.45) is 5.85. The van der Waals surface area contributed by atoms with E-state index in [4.69, 9.17) is 4.74 Å². The third-order valence-corrected chi connectivity index (χ3v) is 4.67. The van der Waals surface area contributed by atoms with Gasteiger partial charge in [-0.25, -0.2) is 4.98 Å². The zero-order valence-electron chi connectivity index (χ0n) is 15.1. The third-order valence-electron chi connectivity index (χ3n) is 3.90. The number of thiazole rings is 1. The van der Waals surface area contributed by atoms with Crippen LogP contribution in [0, 0.1) is 0 Å². The maximum absolute atomic E-state index is 12.1. The highest BCUT2D eigenvalue weighted by atomic mass is 32.1. The van der Waals surface area contributed by atoms with Crippen molar-refractivity contribution in [1.29, 1.82) is 0 Å². The summed E-state index contributed by atoms with van der Waals surface area (Å²) in [4.78, 5) is 29.3. The highest BCUT2D eigenvalue weighted by molar-refractivity contribution is 7.15. The number of hydrogen-bond acceptors (Lipinski definition) is 5. The van der Waals surface area contributed by atoms with Gasteiger partial charge in [-0.3, -0.25) is 14.0 Å². The second-order valence-electron chi connectivity index (χ2n) is 6.01. The van der Waals surface area contributed by atoms with Crippen molar-refractivity contribution in [2.24, 2.45) is 0 Å². The Morgan fingerprint density at radius 1 is 1.22 bits per heavy atom. The van der Waals surface area contributed by atoms with Gasteiger partial charge < -0.3 is 15.4 Å². The molecule has 0 unspecified atom stereocenters. The molecule has 0 aliphatic heterocycles. The van der Waals surface area contributed by atoms with Gasteiger partial charge in [0.1, 0.15) is 5.75 Å². The zero-order chi connectivity index (χ0) is 19.1. The van der Waals surface area contributed by atoms with Crippen molar-refractivity contribution in [3.8, 4) is 5.75 Å². The second-order valence-corrected chi connectivity index (χ2v) is 6.88. The molecule has 0 fully saturated rings. The number of imidazole rings is 1. The number of hydrogen-bond donors (Lipinski definition) is 2. The van der Waals surface area contributed by atoms with E-state index in [-0.39, 0.29) is 18.4 Å². The molecule has 2 amide bonds. The van der Waals surface area contributed by atoms with Gasteiger partial charge in [-0.2, -0.15) is 0 Å². The number of unbranched alkanes of at least 4 members (excludes halogenated alkanes) is 1. The first-order chi connectivity index (χ1) is 13.2. The zero-order valence-corrected chi connectivity index (χ0v) is 15.9. The Morgan fingerprint density at radius 3 is 2.78 bits per heavy atom. The highest BCUT2D eigenvalue weighted by Gasteiger charge is 2.09. The van der Waals surface area contributed by atoms with Gasteiger partial charge in [0.05, 0.1) is 25.4 Å². The molecule has 1 aromatic carbocycles. The molecule has 142 valence electrons. The Bertz CT molecular complexity index is 873. The van der Waals surface area contributed by atoms with E-state index in [1.165, 1.54) is 11.3 Å². The Kier molecular flexibility index (Phi) is 6.43. The topological polar surface area (TPSA) is 84.7 Å². The molecule has 0 aliphatic carbocycles. The van der Waals surface area contributed by atoms with Gasteiger partial charge in [0.25, 0.3) is 5.91 Å². The highest BCUT2D eigenvalue weighted by Crippen LogP contribution is 2.13. The maximum Gasteiger partial charge on any atom is 0.251 e. The molecule has 2 heterocycles. The number of benzene rings is 1. The van der Waals surface area contributed by atoms with E-state index in [0.29, 0.717) is 18.7 Å². The first-order valence-corrected chi connectivity index (χ1v) is 9.72. The van der Waals surface area contributed by atoms with E-state index in [9.17, 15) is 9.59 Å². The van der Waals surface area contributed by atoms with Crippen LogP contribution in [0.15, 0.2) is 42.0 Å². The molecule has 0 bridgehead atoms. The van der Waals surface area contributed by atoms with Crippen molar-refractivity contribution >= 4 is 28.1 Å². The number of amides is 2. The Balaban J connectivity index is 1.41. The number of nitrogens with zero attached hydrogens (tertiary/aromatic N) is 2. The minimum Gasteiger partial charge on any atom is -0.494 e.